The molecule has 3 N–H and O–H groups in total. The zero-order valence-electron chi connectivity index (χ0n) is 8.82. The monoisotopic (exact) mass is 216 g/mol. The Balaban J connectivity index is 1.95. The number of aromatic amines is 1. The molecular weight excluding hydrogens is 204 g/mol. The molecule has 2 rings (SSSR count). The lowest BCUT2D eigenvalue weighted by molar-refractivity contribution is 0.262. The molecule has 0 aliphatic rings. The SMILES string of the molecule is Cc1ncc(NC(=O)Nc2ccccc2)[nH]1. The number of benzene rings is 1. The molecule has 0 saturated heterocycles. The van der Waals surface area contributed by atoms with Gasteiger partial charge in [-0.3, -0.25) is 5.32 Å². The molecule has 82 valence electrons. The van der Waals surface area contributed by atoms with Crippen LogP contribution in [-0.4, -0.2) is 16.0 Å². The number of carbonyl (C=O) groups is 1. The first-order valence-electron chi connectivity index (χ1n) is 4.89. The van der Waals surface area contributed by atoms with E-state index in [1.54, 1.807) is 6.20 Å². The molecule has 2 amide bonds. The van der Waals surface area contributed by atoms with Crippen molar-refractivity contribution in [3.8, 4) is 0 Å². The highest BCUT2D eigenvalue weighted by Gasteiger charge is 2.03. The van der Waals surface area contributed by atoms with Crippen LogP contribution in [0, 0.1) is 6.92 Å². The van der Waals surface area contributed by atoms with Crippen LogP contribution in [0.2, 0.25) is 0 Å². The Morgan fingerprint density at radius 1 is 1.25 bits per heavy atom. The van der Waals surface area contributed by atoms with E-state index in [0.29, 0.717) is 5.82 Å². The average Bonchev–Trinajstić information content (AvgIpc) is 2.65. The minimum absolute atomic E-state index is 0.296. The molecule has 0 atom stereocenters. The molecule has 0 aliphatic carbocycles. The Bertz CT molecular complexity index is 478. The van der Waals surface area contributed by atoms with Gasteiger partial charge in [-0.25, -0.2) is 9.78 Å². The maximum absolute atomic E-state index is 11.5. The number of H-pyrrole nitrogens is 1. The summed E-state index contributed by atoms with van der Waals surface area (Å²) in [6.07, 6.45) is 1.57. The van der Waals surface area contributed by atoms with Gasteiger partial charge in [0.25, 0.3) is 0 Å². The Hall–Kier alpha value is -2.30. The highest BCUT2D eigenvalue weighted by atomic mass is 16.2. The number of para-hydroxylation sites is 1. The van der Waals surface area contributed by atoms with Crippen molar-refractivity contribution in [2.45, 2.75) is 6.92 Å². The Labute approximate surface area is 92.9 Å². The minimum Gasteiger partial charge on any atom is -0.329 e. The second-order valence-electron chi connectivity index (χ2n) is 3.33. The number of hydrogen-bond donors (Lipinski definition) is 3. The lowest BCUT2D eigenvalue weighted by Crippen LogP contribution is -2.19. The van der Waals surface area contributed by atoms with Gasteiger partial charge in [0.05, 0.1) is 6.20 Å². The Morgan fingerprint density at radius 3 is 2.62 bits per heavy atom. The molecule has 0 bridgehead atoms. The number of rotatable bonds is 2. The summed E-state index contributed by atoms with van der Waals surface area (Å²) < 4.78 is 0. The largest absolute Gasteiger partial charge is 0.329 e. The summed E-state index contributed by atoms with van der Waals surface area (Å²) in [5.74, 6) is 1.33. The maximum Gasteiger partial charge on any atom is 0.324 e. The second-order valence-corrected chi connectivity index (χ2v) is 3.33. The van der Waals surface area contributed by atoms with Crippen LogP contribution in [-0.2, 0) is 0 Å². The summed E-state index contributed by atoms with van der Waals surface area (Å²) in [5, 5.41) is 5.34. The number of anilines is 2. The van der Waals surface area contributed by atoms with Crippen LogP contribution in [0.1, 0.15) is 5.82 Å². The van der Waals surface area contributed by atoms with E-state index in [-0.39, 0.29) is 6.03 Å². The number of carbonyl (C=O) groups excluding carboxylic acids is 1. The highest BCUT2D eigenvalue weighted by molar-refractivity contribution is 5.99. The van der Waals surface area contributed by atoms with Crippen LogP contribution >= 0.6 is 0 Å². The third kappa shape index (κ3) is 2.60. The molecule has 1 aromatic heterocycles. The molecule has 2 aromatic rings. The molecule has 5 nitrogen and oxygen atoms in total. The summed E-state index contributed by atoms with van der Waals surface area (Å²) in [7, 11) is 0. The van der Waals surface area contributed by atoms with Crippen molar-refractivity contribution in [1.82, 2.24) is 9.97 Å². The predicted octanol–water partition coefficient (Wildman–Crippen LogP) is 2.36. The fraction of sp³-hybridized carbons (Fsp3) is 0.0909. The fourth-order valence-corrected chi connectivity index (χ4v) is 1.29. The van der Waals surface area contributed by atoms with Crippen molar-refractivity contribution >= 4 is 17.5 Å². The van der Waals surface area contributed by atoms with Crippen LogP contribution in [0.4, 0.5) is 16.3 Å². The van der Waals surface area contributed by atoms with Gasteiger partial charge in [-0.2, -0.15) is 0 Å². The highest BCUT2D eigenvalue weighted by Crippen LogP contribution is 2.07. The zero-order chi connectivity index (χ0) is 11.4. The molecular formula is C11H12N4O. The van der Waals surface area contributed by atoms with Crippen molar-refractivity contribution in [3.05, 3.63) is 42.4 Å². The molecule has 0 saturated carbocycles. The first-order valence-corrected chi connectivity index (χ1v) is 4.89. The number of hydrogen-bond acceptors (Lipinski definition) is 2. The van der Waals surface area contributed by atoms with Crippen molar-refractivity contribution < 1.29 is 4.79 Å². The summed E-state index contributed by atoms with van der Waals surface area (Å²) in [4.78, 5) is 18.4. The second kappa shape index (κ2) is 4.48. The van der Waals surface area contributed by atoms with E-state index >= 15 is 0 Å². The topological polar surface area (TPSA) is 69.8 Å². The molecule has 0 fully saturated rings. The van der Waals surface area contributed by atoms with Gasteiger partial charge in [-0.1, -0.05) is 18.2 Å². The number of urea groups is 1. The molecule has 0 aliphatic heterocycles. The molecule has 1 aromatic carbocycles. The number of imidazole rings is 1. The summed E-state index contributed by atoms with van der Waals surface area (Å²) in [6, 6.07) is 8.94. The van der Waals surface area contributed by atoms with Gasteiger partial charge >= 0.3 is 6.03 Å². The normalized spacial score (nSPS) is 9.81. The zero-order valence-corrected chi connectivity index (χ0v) is 8.82. The first-order chi connectivity index (χ1) is 7.74. The third-order valence-electron chi connectivity index (χ3n) is 1.98. The van der Waals surface area contributed by atoms with Gasteiger partial charge in [0.15, 0.2) is 0 Å². The Morgan fingerprint density at radius 2 is 2.00 bits per heavy atom. The molecule has 0 radical (unpaired) electrons. The van der Waals surface area contributed by atoms with Crippen molar-refractivity contribution in [2.24, 2.45) is 0 Å². The van der Waals surface area contributed by atoms with Crippen LogP contribution < -0.4 is 10.6 Å². The lowest BCUT2D eigenvalue weighted by Gasteiger charge is -2.04. The first kappa shape index (κ1) is 10.2. The quantitative estimate of drug-likeness (QED) is 0.721. The predicted molar refractivity (Wildman–Crippen MR) is 62.4 cm³/mol. The summed E-state index contributed by atoms with van der Waals surface area (Å²) in [5.41, 5.74) is 0.747. The molecule has 0 spiro atoms. The van der Waals surface area contributed by atoms with Crippen molar-refractivity contribution in [2.75, 3.05) is 10.6 Å². The van der Waals surface area contributed by atoms with E-state index in [9.17, 15) is 4.79 Å². The van der Waals surface area contributed by atoms with Gasteiger partial charge < -0.3 is 10.3 Å². The number of aryl methyl sites for hydroxylation is 1. The number of nitrogens with one attached hydrogen (secondary N) is 3. The van der Waals surface area contributed by atoms with E-state index in [0.717, 1.165) is 11.5 Å². The maximum atomic E-state index is 11.5. The number of amides is 2. The summed E-state index contributed by atoms with van der Waals surface area (Å²) >= 11 is 0. The van der Waals surface area contributed by atoms with E-state index in [1.165, 1.54) is 0 Å². The van der Waals surface area contributed by atoms with Crippen molar-refractivity contribution in [3.63, 3.8) is 0 Å². The molecule has 5 heteroatoms. The number of aromatic nitrogens is 2. The standard InChI is InChI=1S/C11H12N4O/c1-8-12-7-10(13-8)15-11(16)14-9-5-3-2-4-6-9/h2-7H,1H3,(H,12,13)(H2,14,15,16). The van der Waals surface area contributed by atoms with Crippen LogP contribution in [0.15, 0.2) is 36.5 Å². The average molecular weight is 216 g/mol. The van der Waals surface area contributed by atoms with Gasteiger partial charge in [-0.15, -0.1) is 0 Å². The van der Waals surface area contributed by atoms with Gasteiger partial charge in [-0.05, 0) is 19.1 Å². The van der Waals surface area contributed by atoms with E-state index in [2.05, 4.69) is 20.6 Å². The molecule has 0 unspecified atom stereocenters. The lowest BCUT2D eigenvalue weighted by atomic mass is 10.3. The van der Waals surface area contributed by atoms with Crippen LogP contribution in [0.5, 0.6) is 0 Å². The minimum atomic E-state index is -0.296. The number of nitrogens with zero attached hydrogens (tertiary/aromatic N) is 1. The summed E-state index contributed by atoms with van der Waals surface area (Å²) in [6.45, 7) is 1.82. The Kier molecular flexibility index (Phi) is 2.86. The molecule has 16 heavy (non-hydrogen) atoms. The smallest absolute Gasteiger partial charge is 0.324 e. The van der Waals surface area contributed by atoms with Gasteiger partial charge in [0.1, 0.15) is 11.6 Å². The van der Waals surface area contributed by atoms with Crippen LogP contribution in [0.3, 0.4) is 0 Å². The fourth-order valence-electron chi connectivity index (χ4n) is 1.29. The van der Waals surface area contributed by atoms with Gasteiger partial charge in [0, 0.05) is 5.69 Å². The van der Waals surface area contributed by atoms with Crippen LogP contribution in [0.25, 0.3) is 0 Å². The third-order valence-corrected chi connectivity index (χ3v) is 1.98. The molecule has 1 heterocycles. The van der Waals surface area contributed by atoms with E-state index in [4.69, 9.17) is 0 Å². The van der Waals surface area contributed by atoms with E-state index in [1.807, 2.05) is 37.3 Å². The van der Waals surface area contributed by atoms with Crippen molar-refractivity contribution in [1.29, 1.82) is 0 Å². The van der Waals surface area contributed by atoms with E-state index < -0.39 is 0 Å². The van der Waals surface area contributed by atoms with Gasteiger partial charge in [0.2, 0.25) is 0 Å².